The van der Waals surface area contributed by atoms with Gasteiger partial charge in [-0.25, -0.2) is 4.79 Å². The van der Waals surface area contributed by atoms with E-state index in [1.54, 1.807) is 9.80 Å². The summed E-state index contributed by atoms with van der Waals surface area (Å²) in [6.45, 7) is 4.96. The second-order valence-electron chi connectivity index (χ2n) is 5.58. The van der Waals surface area contributed by atoms with E-state index in [9.17, 15) is 9.59 Å². The molecule has 0 aromatic rings. The molecule has 6 heteroatoms. The topological polar surface area (TPSA) is 70.1 Å². The second-order valence-corrected chi connectivity index (χ2v) is 5.58. The minimum absolute atomic E-state index is 0.0473. The summed E-state index contributed by atoms with van der Waals surface area (Å²) in [5.74, 6) is -1.22. The molecule has 2 saturated heterocycles. The zero-order chi connectivity index (χ0) is 14.5. The van der Waals surface area contributed by atoms with Crippen LogP contribution in [0.4, 0.5) is 4.79 Å². The van der Waals surface area contributed by atoms with Crippen LogP contribution >= 0.6 is 0 Å². The van der Waals surface area contributed by atoms with Crippen LogP contribution < -0.4 is 0 Å². The standard InChI is InChI=1S/C14H24N2O4/c1-2-15(10-12-6-4-8-20-12)14(19)16-7-3-5-11(9-16)13(17)18/h11-12H,2-10H2,1H3,(H,17,18)/t11-,12?/m0/s1. The van der Waals surface area contributed by atoms with Crippen molar-refractivity contribution in [3.05, 3.63) is 0 Å². The number of carbonyl (C=O) groups is 2. The number of hydrogen-bond donors (Lipinski definition) is 1. The maximum atomic E-state index is 12.5. The van der Waals surface area contributed by atoms with Crippen molar-refractivity contribution < 1.29 is 19.4 Å². The van der Waals surface area contributed by atoms with E-state index in [1.165, 1.54) is 0 Å². The molecule has 2 atom stereocenters. The van der Waals surface area contributed by atoms with Crippen molar-refractivity contribution in [3.8, 4) is 0 Å². The van der Waals surface area contributed by atoms with Crippen LogP contribution in [0.3, 0.4) is 0 Å². The third kappa shape index (κ3) is 3.62. The van der Waals surface area contributed by atoms with Gasteiger partial charge in [-0.15, -0.1) is 0 Å². The molecule has 2 amide bonds. The smallest absolute Gasteiger partial charge is 0.320 e. The Morgan fingerprint density at radius 1 is 1.35 bits per heavy atom. The van der Waals surface area contributed by atoms with Crippen molar-refractivity contribution >= 4 is 12.0 Å². The van der Waals surface area contributed by atoms with Gasteiger partial charge in [0.25, 0.3) is 0 Å². The molecule has 0 spiro atoms. The lowest BCUT2D eigenvalue weighted by Gasteiger charge is -2.35. The average molecular weight is 284 g/mol. The molecular weight excluding hydrogens is 260 g/mol. The van der Waals surface area contributed by atoms with E-state index in [4.69, 9.17) is 9.84 Å². The number of urea groups is 1. The van der Waals surface area contributed by atoms with Gasteiger partial charge in [0.1, 0.15) is 0 Å². The van der Waals surface area contributed by atoms with E-state index in [-0.39, 0.29) is 12.1 Å². The minimum atomic E-state index is -0.801. The number of hydrogen-bond acceptors (Lipinski definition) is 3. The number of carbonyl (C=O) groups excluding carboxylic acids is 1. The summed E-state index contributed by atoms with van der Waals surface area (Å²) < 4.78 is 5.58. The summed E-state index contributed by atoms with van der Waals surface area (Å²) in [4.78, 5) is 27.0. The lowest BCUT2D eigenvalue weighted by molar-refractivity contribution is -0.143. The lowest BCUT2D eigenvalue weighted by Crippen LogP contribution is -2.50. The molecule has 114 valence electrons. The molecule has 0 radical (unpaired) electrons. The van der Waals surface area contributed by atoms with Crippen LogP contribution in [-0.2, 0) is 9.53 Å². The van der Waals surface area contributed by atoms with Crippen molar-refractivity contribution in [3.63, 3.8) is 0 Å². The van der Waals surface area contributed by atoms with Crippen LogP contribution in [0.2, 0.25) is 0 Å². The number of amides is 2. The van der Waals surface area contributed by atoms with Gasteiger partial charge in [-0.1, -0.05) is 0 Å². The Labute approximate surface area is 119 Å². The van der Waals surface area contributed by atoms with Crippen LogP contribution in [0, 0.1) is 5.92 Å². The molecule has 2 aliphatic rings. The molecule has 2 fully saturated rings. The molecule has 0 aliphatic carbocycles. The van der Waals surface area contributed by atoms with Gasteiger partial charge in [0.2, 0.25) is 0 Å². The zero-order valence-electron chi connectivity index (χ0n) is 12.1. The van der Waals surface area contributed by atoms with E-state index in [2.05, 4.69) is 0 Å². The van der Waals surface area contributed by atoms with Crippen LogP contribution in [0.25, 0.3) is 0 Å². The second kappa shape index (κ2) is 6.92. The summed E-state index contributed by atoms with van der Waals surface area (Å²) >= 11 is 0. The molecule has 2 rings (SSSR count). The first kappa shape index (κ1) is 15.1. The van der Waals surface area contributed by atoms with Gasteiger partial charge in [0, 0.05) is 32.8 Å². The number of likely N-dealkylation sites (tertiary alicyclic amines) is 1. The van der Waals surface area contributed by atoms with Crippen LogP contribution in [0.5, 0.6) is 0 Å². The molecule has 0 bridgehead atoms. The third-order valence-corrected chi connectivity index (χ3v) is 4.14. The third-order valence-electron chi connectivity index (χ3n) is 4.14. The maximum Gasteiger partial charge on any atom is 0.320 e. The van der Waals surface area contributed by atoms with Crippen molar-refractivity contribution in [2.24, 2.45) is 5.92 Å². The largest absolute Gasteiger partial charge is 0.481 e. The predicted molar refractivity (Wildman–Crippen MR) is 73.5 cm³/mol. The summed E-state index contributed by atoms with van der Waals surface area (Å²) in [5.41, 5.74) is 0. The van der Waals surface area contributed by atoms with Crippen LogP contribution in [0.1, 0.15) is 32.6 Å². The number of nitrogens with zero attached hydrogens (tertiary/aromatic N) is 2. The fourth-order valence-corrected chi connectivity index (χ4v) is 2.93. The number of rotatable bonds is 4. The number of piperidine rings is 1. The first-order valence-corrected chi connectivity index (χ1v) is 7.50. The summed E-state index contributed by atoms with van der Waals surface area (Å²) in [5, 5.41) is 9.09. The van der Waals surface area contributed by atoms with Crippen LogP contribution in [-0.4, -0.2) is 65.8 Å². The summed E-state index contributed by atoms with van der Waals surface area (Å²) in [6, 6.07) is -0.0473. The zero-order valence-corrected chi connectivity index (χ0v) is 12.1. The van der Waals surface area contributed by atoms with E-state index in [0.717, 1.165) is 25.9 Å². The van der Waals surface area contributed by atoms with Gasteiger partial charge in [-0.3, -0.25) is 4.79 Å². The Bertz CT molecular complexity index is 355. The highest BCUT2D eigenvalue weighted by Gasteiger charge is 2.31. The molecule has 6 nitrogen and oxygen atoms in total. The van der Waals surface area contributed by atoms with E-state index < -0.39 is 11.9 Å². The molecule has 1 N–H and O–H groups in total. The molecule has 20 heavy (non-hydrogen) atoms. The molecule has 0 aromatic carbocycles. The van der Waals surface area contributed by atoms with E-state index in [0.29, 0.717) is 32.6 Å². The van der Waals surface area contributed by atoms with Crippen LogP contribution in [0.15, 0.2) is 0 Å². The first-order valence-electron chi connectivity index (χ1n) is 7.50. The molecular formula is C14H24N2O4. The Kier molecular flexibility index (Phi) is 5.23. The maximum absolute atomic E-state index is 12.5. The highest BCUT2D eigenvalue weighted by Crippen LogP contribution is 2.19. The number of carboxylic acids is 1. The molecule has 0 aromatic heterocycles. The van der Waals surface area contributed by atoms with Crippen molar-refractivity contribution in [2.45, 2.75) is 38.7 Å². The number of ether oxygens (including phenoxy) is 1. The molecule has 1 unspecified atom stereocenters. The molecule has 0 saturated carbocycles. The Morgan fingerprint density at radius 3 is 2.75 bits per heavy atom. The average Bonchev–Trinajstić information content (AvgIpc) is 2.97. The predicted octanol–water partition coefficient (Wildman–Crippen LogP) is 1.40. The first-order chi connectivity index (χ1) is 9.61. The normalized spacial score (nSPS) is 26.6. The minimum Gasteiger partial charge on any atom is -0.481 e. The lowest BCUT2D eigenvalue weighted by atomic mass is 9.98. The quantitative estimate of drug-likeness (QED) is 0.847. The van der Waals surface area contributed by atoms with Gasteiger partial charge in [0.15, 0.2) is 0 Å². The molecule has 2 aliphatic heterocycles. The SMILES string of the molecule is CCN(CC1CCCO1)C(=O)N1CCC[C@H](C(=O)O)C1. The Balaban J connectivity index is 1.91. The highest BCUT2D eigenvalue weighted by molar-refractivity contribution is 5.76. The highest BCUT2D eigenvalue weighted by atomic mass is 16.5. The summed E-state index contributed by atoms with van der Waals surface area (Å²) in [7, 11) is 0. The Hall–Kier alpha value is -1.30. The van der Waals surface area contributed by atoms with E-state index >= 15 is 0 Å². The number of carboxylic acid groups (broad SMARTS) is 1. The van der Waals surface area contributed by atoms with Gasteiger partial charge in [0.05, 0.1) is 12.0 Å². The van der Waals surface area contributed by atoms with Gasteiger partial charge >= 0.3 is 12.0 Å². The molecule has 2 heterocycles. The van der Waals surface area contributed by atoms with Gasteiger partial charge in [-0.05, 0) is 32.6 Å². The van der Waals surface area contributed by atoms with Gasteiger partial charge in [-0.2, -0.15) is 0 Å². The fraction of sp³-hybridized carbons (Fsp3) is 0.857. The monoisotopic (exact) mass is 284 g/mol. The Morgan fingerprint density at radius 2 is 2.15 bits per heavy atom. The number of likely N-dealkylation sites (N-methyl/N-ethyl adjacent to an activating group) is 1. The fourth-order valence-electron chi connectivity index (χ4n) is 2.93. The van der Waals surface area contributed by atoms with Gasteiger partial charge < -0.3 is 19.6 Å². The van der Waals surface area contributed by atoms with Crippen molar-refractivity contribution in [1.29, 1.82) is 0 Å². The number of aliphatic carboxylic acids is 1. The van der Waals surface area contributed by atoms with Crippen molar-refractivity contribution in [1.82, 2.24) is 9.80 Å². The van der Waals surface area contributed by atoms with Crippen molar-refractivity contribution in [2.75, 3.05) is 32.8 Å². The van der Waals surface area contributed by atoms with E-state index in [1.807, 2.05) is 6.92 Å². The summed E-state index contributed by atoms with van der Waals surface area (Å²) in [6.07, 6.45) is 3.62.